The summed E-state index contributed by atoms with van der Waals surface area (Å²) in [4.78, 5) is 0. The lowest BCUT2D eigenvalue weighted by atomic mass is 9.35. The minimum Gasteiger partial charge on any atom is -0.366 e. The van der Waals surface area contributed by atoms with Gasteiger partial charge in [0.05, 0.1) is 15.7 Å². The molecule has 0 bridgehead atoms. The summed E-state index contributed by atoms with van der Waals surface area (Å²) in [7, 11) is 5.85. The Labute approximate surface area is 71.6 Å². The van der Waals surface area contributed by atoms with Gasteiger partial charge >= 0.3 is 0 Å². The highest BCUT2D eigenvalue weighted by Crippen LogP contribution is 2.50. The van der Waals surface area contributed by atoms with Crippen LogP contribution in [0.3, 0.4) is 0 Å². The minimum absolute atomic E-state index is 0.120. The molecule has 62 valence electrons. The maximum Gasteiger partial charge on any atom is 0.156 e. The summed E-state index contributed by atoms with van der Waals surface area (Å²) in [6.07, 6.45) is 0. The van der Waals surface area contributed by atoms with Gasteiger partial charge in [-0.1, -0.05) is 19.1 Å². The second-order valence-corrected chi connectivity index (χ2v) is 4.90. The standard InChI is InChI=1S/C6H17B3O2/c1-4(7,5(2,8)9)6(3,10)11/h10-11H,7-9H2,1-3H3. The SMILES string of the molecule is BC(B)(C)C(B)(C)C(C)(O)O. The van der Waals surface area contributed by atoms with Crippen molar-refractivity contribution in [2.24, 2.45) is 0 Å². The summed E-state index contributed by atoms with van der Waals surface area (Å²) >= 11 is 0. The average Bonchev–Trinajstić information content (AvgIpc) is 1.58. The third-order valence-corrected chi connectivity index (χ3v) is 3.06. The molecule has 0 aliphatic carbocycles. The molecule has 5 heteroatoms. The molecule has 0 saturated carbocycles. The fourth-order valence-corrected chi connectivity index (χ4v) is 0.710. The molecular formula is C6H17B3O2. The number of hydrogen-bond donors (Lipinski definition) is 2. The van der Waals surface area contributed by atoms with Crippen LogP contribution in [0, 0.1) is 0 Å². The molecule has 0 aromatic heterocycles. The lowest BCUT2D eigenvalue weighted by Gasteiger charge is -2.46. The highest BCUT2D eigenvalue weighted by Gasteiger charge is 2.45. The Kier molecular flexibility index (Phi) is 2.59. The summed E-state index contributed by atoms with van der Waals surface area (Å²) in [5.74, 6) is -1.62. The summed E-state index contributed by atoms with van der Waals surface area (Å²) in [6.45, 7) is 5.28. The highest BCUT2D eigenvalue weighted by atomic mass is 16.5. The van der Waals surface area contributed by atoms with Gasteiger partial charge in [0.25, 0.3) is 0 Å². The van der Waals surface area contributed by atoms with Crippen molar-refractivity contribution in [1.82, 2.24) is 0 Å². The fourth-order valence-electron chi connectivity index (χ4n) is 0.710. The van der Waals surface area contributed by atoms with Crippen LogP contribution in [0.5, 0.6) is 0 Å². The van der Waals surface area contributed by atoms with Crippen LogP contribution in [0.15, 0.2) is 0 Å². The Morgan fingerprint density at radius 1 is 0.909 bits per heavy atom. The van der Waals surface area contributed by atoms with E-state index in [-0.39, 0.29) is 5.21 Å². The Hall–Kier alpha value is 0.115. The third-order valence-electron chi connectivity index (χ3n) is 3.06. The molecule has 1 atom stereocenters. The molecule has 11 heavy (non-hydrogen) atoms. The molecule has 0 aliphatic heterocycles. The first kappa shape index (κ1) is 11.1. The smallest absolute Gasteiger partial charge is 0.156 e. The molecule has 2 nitrogen and oxygen atoms in total. The monoisotopic (exact) mass is 154 g/mol. The lowest BCUT2D eigenvalue weighted by molar-refractivity contribution is -0.175. The minimum atomic E-state index is -1.62. The second kappa shape index (κ2) is 2.56. The van der Waals surface area contributed by atoms with Crippen LogP contribution >= 0.6 is 0 Å². The van der Waals surface area contributed by atoms with Gasteiger partial charge in [-0.3, -0.25) is 0 Å². The van der Waals surface area contributed by atoms with Gasteiger partial charge in [0, 0.05) is 0 Å². The van der Waals surface area contributed by atoms with Crippen molar-refractivity contribution >= 4 is 23.5 Å². The van der Waals surface area contributed by atoms with E-state index < -0.39 is 11.1 Å². The van der Waals surface area contributed by atoms with Crippen LogP contribution in [0.4, 0.5) is 0 Å². The zero-order valence-corrected chi connectivity index (χ0v) is 8.39. The Morgan fingerprint density at radius 2 is 1.18 bits per heavy atom. The molecule has 0 saturated heterocycles. The average molecular weight is 154 g/mol. The predicted octanol–water partition coefficient (Wildman–Crippen LogP) is -2.10. The first-order chi connectivity index (χ1) is 4.50. The van der Waals surface area contributed by atoms with Crippen molar-refractivity contribution in [3.05, 3.63) is 0 Å². The van der Waals surface area contributed by atoms with E-state index in [1.54, 1.807) is 0 Å². The number of hydrogen-bond acceptors (Lipinski definition) is 2. The number of rotatable bonds is 2. The molecule has 0 fully saturated rings. The van der Waals surface area contributed by atoms with Gasteiger partial charge in [-0.2, -0.15) is 0 Å². The van der Waals surface area contributed by atoms with E-state index in [9.17, 15) is 10.2 Å². The Balaban J connectivity index is 4.75. The van der Waals surface area contributed by atoms with Gasteiger partial charge in [0.1, 0.15) is 7.85 Å². The van der Waals surface area contributed by atoms with Crippen molar-refractivity contribution in [3.63, 3.8) is 0 Å². The molecule has 1 unspecified atom stereocenters. The van der Waals surface area contributed by atoms with Gasteiger partial charge in [-0.25, -0.2) is 0 Å². The van der Waals surface area contributed by atoms with Crippen molar-refractivity contribution < 1.29 is 10.2 Å². The van der Waals surface area contributed by atoms with E-state index in [0.29, 0.717) is 0 Å². The molecule has 0 aromatic rings. The molecule has 0 aliphatic rings. The number of aliphatic hydroxyl groups is 2. The molecule has 0 rings (SSSR count). The Morgan fingerprint density at radius 3 is 1.18 bits per heavy atom. The summed E-state index contributed by atoms with van der Waals surface area (Å²) in [6, 6.07) is 0. The van der Waals surface area contributed by atoms with Gasteiger partial charge in [0.15, 0.2) is 5.79 Å². The first-order valence-corrected chi connectivity index (χ1v) is 3.95. The second-order valence-electron chi connectivity index (χ2n) is 4.90. The maximum absolute atomic E-state index is 9.44. The lowest BCUT2D eigenvalue weighted by Crippen LogP contribution is -2.46. The summed E-state index contributed by atoms with van der Waals surface area (Å²) < 4.78 is 0. The zero-order valence-electron chi connectivity index (χ0n) is 8.39. The first-order valence-electron chi connectivity index (χ1n) is 3.95. The van der Waals surface area contributed by atoms with Crippen molar-refractivity contribution in [3.8, 4) is 0 Å². The molecule has 2 N–H and O–H groups in total. The van der Waals surface area contributed by atoms with Crippen molar-refractivity contribution in [1.29, 1.82) is 0 Å². The van der Waals surface area contributed by atoms with Gasteiger partial charge < -0.3 is 10.2 Å². The van der Waals surface area contributed by atoms with Gasteiger partial charge in [-0.05, 0) is 12.2 Å². The van der Waals surface area contributed by atoms with Crippen LogP contribution in [0.1, 0.15) is 20.8 Å². The predicted molar refractivity (Wildman–Crippen MR) is 55.2 cm³/mol. The van der Waals surface area contributed by atoms with Gasteiger partial charge in [0.2, 0.25) is 0 Å². The largest absolute Gasteiger partial charge is 0.366 e. The maximum atomic E-state index is 9.44. The highest BCUT2D eigenvalue weighted by molar-refractivity contribution is 6.44. The zero-order chi connectivity index (χ0) is 9.50. The van der Waals surface area contributed by atoms with E-state index in [4.69, 9.17) is 0 Å². The van der Waals surface area contributed by atoms with Crippen LogP contribution in [0.2, 0.25) is 10.5 Å². The fraction of sp³-hybridized carbons (Fsp3) is 1.00. The van der Waals surface area contributed by atoms with Crippen molar-refractivity contribution in [2.75, 3.05) is 0 Å². The van der Waals surface area contributed by atoms with Crippen LogP contribution in [-0.2, 0) is 0 Å². The molecule has 0 amide bonds. The molecule has 0 heterocycles. The van der Waals surface area contributed by atoms with E-state index in [0.717, 1.165) is 0 Å². The topological polar surface area (TPSA) is 40.5 Å². The van der Waals surface area contributed by atoms with Crippen molar-refractivity contribution in [2.45, 2.75) is 37.1 Å². The van der Waals surface area contributed by atoms with E-state index in [1.807, 2.05) is 37.4 Å². The third kappa shape index (κ3) is 2.03. The summed E-state index contributed by atoms with van der Waals surface area (Å²) in [5, 5.41) is 18.2. The van der Waals surface area contributed by atoms with Crippen LogP contribution in [0.25, 0.3) is 0 Å². The van der Waals surface area contributed by atoms with Gasteiger partial charge in [-0.15, -0.1) is 0 Å². The summed E-state index contributed by atoms with van der Waals surface area (Å²) in [5.41, 5.74) is 0. The van der Waals surface area contributed by atoms with Crippen LogP contribution in [-0.4, -0.2) is 39.5 Å². The van der Waals surface area contributed by atoms with E-state index in [2.05, 4.69) is 0 Å². The van der Waals surface area contributed by atoms with E-state index in [1.165, 1.54) is 6.92 Å². The van der Waals surface area contributed by atoms with Crippen LogP contribution < -0.4 is 0 Å². The quantitative estimate of drug-likeness (QED) is 0.353. The molecule has 0 aromatic carbocycles. The normalized spacial score (nSPS) is 19.4. The Bertz CT molecular complexity index is 127. The molecule has 0 spiro atoms. The molecule has 0 radical (unpaired) electrons. The van der Waals surface area contributed by atoms with E-state index >= 15 is 0 Å². The molecular weight excluding hydrogens is 136 g/mol.